The van der Waals surface area contributed by atoms with Gasteiger partial charge >= 0.3 is 0 Å². The fourth-order valence-electron chi connectivity index (χ4n) is 5.65. The van der Waals surface area contributed by atoms with Gasteiger partial charge in [0.25, 0.3) is 11.8 Å². The second-order valence-electron chi connectivity index (χ2n) is 9.45. The third-order valence-corrected chi connectivity index (χ3v) is 9.13. The molecule has 1 aromatic carbocycles. The highest BCUT2D eigenvalue weighted by molar-refractivity contribution is 7.15. The van der Waals surface area contributed by atoms with Crippen LogP contribution in [0, 0.1) is 19.8 Å². The SMILES string of the molecule is Cc1cccc(-c2sc(C)nc2C(=O)N2[C@@H]3CC[C@@H](C3)[C@H]2CNC(=O)c2scc3c2OCCO3)c1. The van der Waals surface area contributed by atoms with Gasteiger partial charge in [0, 0.05) is 18.0 Å². The van der Waals surface area contributed by atoms with Gasteiger partial charge in [-0.3, -0.25) is 9.59 Å². The van der Waals surface area contributed by atoms with E-state index in [2.05, 4.69) is 29.4 Å². The zero-order valence-corrected chi connectivity index (χ0v) is 21.3. The summed E-state index contributed by atoms with van der Waals surface area (Å²) in [7, 11) is 0. The molecule has 35 heavy (non-hydrogen) atoms. The number of thiazole rings is 1. The van der Waals surface area contributed by atoms with Crippen LogP contribution in [0.3, 0.4) is 0 Å². The number of ether oxygens (including phenoxy) is 2. The molecule has 2 aromatic heterocycles. The molecule has 2 amide bonds. The van der Waals surface area contributed by atoms with Crippen LogP contribution in [0.1, 0.15) is 50.0 Å². The molecule has 6 rings (SSSR count). The average Bonchev–Trinajstić information content (AvgIpc) is 3.64. The number of likely N-dealkylation sites (tertiary alicyclic amines) is 1. The molecule has 3 aliphatic rings. The molecule has 3 aromatic rings. The molecule has 7 nitrogen and oxygen atoms in total. The van der Waals surface area contributed by atoms with Gasteiger partial charge in [-0.2, -0.15) is 0 Å². The number of carbonyl (C=O) groups excluding carboxylic acids is 2. The van der Waals surface area contributed by atoms with Crippen LogP contribution in [-0.2, 0) is 0 Å². The largest absolute Gasteiger partial charge is 0.485 e. The minimum Gasteiger partial charge on any atom is -0.485 e. The molecule has 1 saturated carbocycles. The van der Waals surface area contributed by atoms with Crippen molar-refractivity contribution in [1.82, 2.24) is 15.2 Å². The molecular formula is C26H27N3O4S2. The first-order valence-electron chi connectivity index (χ1n) is 12.0. The lowest BCUT2D eigenvalue weighted by Gasteiger charge is -2.35. The lowest BCUT2D eigenvalue weighted by Crippen LogP contribution is -2.50. The highest BCUT2D eigenvalue weighted by atomic mass is 32.1. The van der Waals surface area contributed by atoms with Crippen molar-refractivity contribution in [3.63, 3.8) is 0 Å². The minimum absolute atomic E-state index is 0.0254. The molecule has 2 bridgehead atoms. The summed E-state index contributed by atoms with van der Waals surface area (Å²) < 4.78 is 11.2. The number of carbonyl (C=O) groups is 2. The number of hydrogen-bond donors (Lipinski definition) is 1. The fraction of sp³-hybridized carbons (Fsp3) is 0.423. The maximum absolute atomic E-state index is 13.9. The Balaban J connectivity index is 1.24. The summed E-state index contributed by atoms with van der Waals surface area (Å²) in [6, 6.07) is 8.38. The first-order chi connectivity index (χ1) is 17.0. The summed E-state index contributed by atoms with van der Waals surface area (Å²) in [6.45, 7) is 5.35. The molecule has 1 aliphatic carbocycles. The summed E-state index contributed by atoms with van der Waals surface area (Å²) in [5.41, 5.74) is 2.70. The predicted octanol–water partition coefficient (Wildman–Crippen LogP) is 4.68. The van der Waals surface area contributed by atoms with E-state index in [1.54, 1.807) is 11.3 Å². The highest BCUT2D eigenvalue weighted by Gasteiger charge is 2.49. The van der Waals surface area contributed by atoms with E-state index < -0.39 is 0 Å². The van der Waals surface area contributed by atoms with E-state index in [4.69, 9.17) is 9.47 Å². The summed E-state index contributed by atoms with van der Waals surface area (Å²) >= 11 is 2.89. The Morgan fingerprint density at radius 3 is 2.91 bits per heavy atom. The van der Waals surface area contributed by atoms with Gasteiger partial charge in [-0.1, -0.05) is 29.8 Å². The van der Waals surface area contributed by atoms with Gasteiger partial charge in [0.1, 0.15) is 23.8 Å². The van der Waals surface area contributed by atoms with Crippen molar-refractivity contribution in [3.05, 3.63) is 50.8 Å². The van der Waals surface area contributed by atoms with Crippen molar-refractivity contribution in [1.29, 1.82) is 0 Å². The number of fused-ring (bicyclic) bond motifs is 3. The van der Waals surface area contributed by atoms with E-state index in [9.17, 15) is 9.59 Å². The highest BCUT2D eigenvalue weighted by Crippen LogP contribution is 2.44. The minimum atomic E-state index is -0.179. The average molecular weight is 510 g/mol. The number of nitrogens with zero attached hydrogens (tertiary/aromatic N) is 2. The van der Waals surface area contributed by atoms with E-state index in [0.717, 1.165) is 40.3 Å². The van der Waals surface area contributed by atoms with Crippen molar-refractivity contribution < 1.29 is 19.1 Å². The lowest BCUT2D eigenvalue weighted by atomic mass is 9.98. The van der Waals surface area contributed by atoms with Gasteiger partial charge in [0.15, 0.2) is 11.5 Å². The molecule has 0 unspecified atom stereocenters. The zero-order chi connectivity index (χ0) is 24.1. The number of aromatic nitrogens is 1. The van der Waals surface area contributed by atoms with Crippen LogP contribution in [-0.4, -0.2) is 53.5 Å². The number of benzene rings is 1. The number of thiophene rings is 1. The number of hydrogen-bond acceptors (Lipinski definition) is 7. The Morgan fingerprint density at radius 1 is 1.20 bits per heavy atom. The summed E-state index contributed by atoms with van der Waals surface area (Å²) in [5.74, 6) is 1.35. The summed E-state index contributed by atoms with van der Waals surface area (Å²) in [6.07, 6.45) is 3.08. The third kappa shape index (κ3) is 4.00. The molecule has 0 spiro atoms. The van der Waals surface area contributed by atoms with Gasteiger partial charge in [-0.15, -0.1) is 22.7 Å². The van der Waals surface area contributed by atoms with Crippen molar-refractivity contribution in [2.75, 3.05) is 19.8 Å². The van der Waals surface area contributed by atoms with Crippen molar-refractivity contribution >= 4 is 34.5 Å². The van der Waals surface area contributed by atoms with Crippen LogP contribution < -0.4 is 14.8 Å². The van der Waals surface area contributed by atoms with Crippen LogP contribution in [0.15, 0.2) is 29.6 Å². The Hall–Kier alpha value is -2.91. The normalized spacial score (nSPS) is 22.5. The molecule has 9 heteroatoms. The Kier molecular flexibility index (Phi) is 5.76. The van der Waals surface area contributed by atoms with Gasteiger partial charge in [0.05, 0.1) is 15.9 Å². The molecule has 2 fully saturated rings. The second kappa shape index (κ2) is 8.95. The monoisotopic (exact) mass is 509 g/mol. The van der Waals surface area contributed by atoms with Crippen molar-refractivity contribution in [3.8, 4) is 21.9 Å². The van der Waals surface area contributed by atoms with Crippen molar-refractivity contribution in [2.24, 2.45) is 5.92 Å². The lowest BCUT2D eigenvalue weighted by molar-refractivity contribution is 0.0577. The topological polar surface area (TPSA) is 80.8 Å². The van der Waals surface area contributed by atoms with Gasteiger partial charge < -0.3 is 19.7 Å². The quantitative estimate of drug-likeness (QED) is 0.540. The number of aryl methyl sites for hydroxylation is 2. The molecule has 1 saturated heterocycles. The van der Waals surface area contributed by atoms with Crippen LogP contribution in [0.25, 0.3) is 10.4 Å². The molecule has 2 aliphatic heterocycles. The Labute approximate surface area is 212 Å². The number of nitrogens with one attached hydrogen (secondary N) is 1. The summed E-state index contributed by atoms with van der Waals surface area (Å²) in [4.78, 5) is 35.1. The molecule has 3 atom stereocenters. The standard InChI is InChI=1S/C26H27N3O4S2/c1-14-4-3-5-17(10-14)23-21(28-15(2)35-23)26(31)29-18-7-6-16(11-18)19(29)12-27-25(30)24-22-20(13-34-24)32-8-9-33-22/h3-5,10,13,16,18-19H,6-9,11-12H2,1-2H3,(H,27,30)/t16-,18+,19+/m0/s1. The van der Waals surface area contributed by atoms with E-state index in [1.807, 2.05) is 29.3 Å². The van der Waals surface area contributed by atoms with Crippen LogP contribution >= 0.6 is 22.7 Å². The first-order valence-corrected chi connectivity index (χ1v) is 13.7. The smallest absolute Gasteiger partial charge is 0.274 e. The number of rotatable bonds is 5. The molecule has 182 valence electrons. The van der Waals surface area contributed by atoms with E-state index >= 15 is 0 Å². The fourth-order valence-corrected chi connectivity index (χ4v) is 7.40. The Morgan fingerprint density at radius 2 is 2.06 bits per heavy atom. The van der Waals surface area contributed by atoms with E-state index in [0.29, 0.717) is 47.7 Å². The molecular weight excluding hydrogens is 482 g/mol. The second-order valence-corrected chi connectivity index (χ2v) is 11.5. The van der Waals surface area contributed by atoms with Gasteiger partial charge in [-0.05, 0) is 44.6 Å². The van der Waals surface area contributed by atoms with Gasteiger partial charge in [0.2, 0.25) is 0 Å². The van der Waals surface area contributed by atoms with Crippen molar-refractivity contribution in [2.45, 2.75) is 45.2 Å². The van der Waals surface area contributed by atoms with Gasteiger partial charge in [-0.25, -0.2) is 4.98 Å². The number of amides is 2. The van der Waals surface area contributed by atoms with Crippen LogP contribution in [0.4, 0.5) is 0 Å². The number of piperidine rings is 1. The van der Waals surface area contributed by atoms with E-state index in [1.165, 1.54) is 11.3 Å². The zero-order valence-electron chi connectivity index (χ0n) is 19.7. The Bertz CT molecular complexity index is 1300. The molecule has 1 N–H and O–H groups in total. The predicted molar refractivity (Wildman–Crippen MR) is 136 cm³/mol. The van der Waals surface area contributed by atoms with Crippen LogP contribution in [0.5, 0.6) is 11.5 Å². The van der Waals surface area contributed by atoms with Crippen LogP contribution in [0.2, 0.25) is 0 Å². The summed E-state index contributed by atoms with van der Waals surface area (Å²) in [5, 5.41) is 5.77. The first kappa shape index (κ1) is 22.5. The molecule has 4 heterocycles. The van der Waals surface area contributed by atoms with E-state index in [-0.39, 0.29) is 23.9 Å². The maximum atomic E-state index is 13.9. The third-order valence-electron chi connectivity index (χ3n) is 7.17. The maximum Gasteiger partial charge on any atom is 0.274 e. The molecule has 0 radical (unpaired) electrons.